The van der Waals surface area contributed by atoms with Gasteiger partial charge in [-0.3, -0.25) is 0 Å². The Bertz CT molecular complexity index is 508. The smallest absolute Gasteiger partial charge is 0.225 e. The van der Waals surface area contributed by atoms with Crippen LogP contribution in [0.25, 0.3) is 10.2 Å². The van der Waals surface area contributed by atoms with Crippen LogP contribution in [0.4, 0.5) is 5.95 Å². The first-order valence-electron chi connectivity index (χ1n) is 5.89. The SMILES string of the molecule is CCCSc1nc(NCC)nc2sc(C)cc12. The summed E-state index contributed by atoms with van der Waals surface area (Å²) in [4.78, 5) is 11.5. The number of rotatable bonds is 5. The maximum atomic E-state index is 4.59. The Balaban J connectivity index is 2.44. The molecule has 0 aliphatic heterocycles. The summed E-state index contributed by atoms with van der Waals surface area (Å²) in [6, 6.07) is 2.19. The summed E-state index contributed by atoms with van der Waals surface area (Å²) in [6.45, 7) is 7.23. The lowest BCUT2D eigenvalue weighted by molar-refractivity contribution is 1.05. The fourth-order valence-corrected chi connectivity index (χ4v) is 3.37. The molecule has 3 nitrogen and oxygen atoms in total. The van der Waals surface area contributed by atoms with Gasteiger partial charge in [0.15, 0.2) is 0 Å². The molecule has 0 saturated carbocycles. The van der Waals surface area contributed by atoms with E-state index in [-0.39, 0.29) is 0 Å². The number of nitrogens with zero attached hydrogens (tertiary/aromatic N) is 2. The second-order valence-corrected chi connectivity index (χ2v) is 6.13. The minimum absolute atomic E-state index is 0.750. The monoisotopic (exact) mass is 267 g/mol. The standard InChI is InChI=1S/C12H17N3S2/c1-4-6-16-10-9-7-8(3)17-11(9)15-12(14-10)13-5-2/h7H,4-6H2,1-3H3,(H,13,14,15). The molecular formula is C12H17N3S2. The summed E-state index contributed by atoms with van der Waals surface area (Å²) < 4.78 is 0. The third-order valence-corrected chi connectivity index (χ3v) is 4.40. The van der Waals surface area contributed by atoms with Gasteiger partial charge in [0.25, 0.3) is 0 Å². The molecule has 2 aromatic heterocycles. The van der Waals surface area contributed by atoms with Gasteiger partial charge in [-0.25, -0.2) is 9.97 Å². The number of aryl methyl sites for hydroxylation is 1. The Labute approximate surface area is 110 Å². The molecular weight excluding hydrogens is 250 g/mol. The van der Waals surface area contributed by atoms with Crippen LogP contribution in [0.1, 0.15) is 25.1 Å². The van der Waals surface area contributed by atoms with E-state index in [1.165, 1.54) is 10.3 Å². The molecule has 92 valence electrons. The van der Waals surface area contributed by atoms with Crippen LogP contribution in [0.3, 0.4) is 0 Å². The predicted octanol–water partition coefficient (Wildman–Crippen LogP) is 3.93. The van der Waals surface area contributed by atoms with E-state index in [2.05, 4.69) is 42.1 Å². The van der Waals surface area contributed by atoms with E-state index in [1.54, 1.807) is 11.3 Å². The molecule has 0 aromatic carbocycles. The first-order valence-corrected chi connectivity index (χ1v) is 7.69. The predicted molar refractivity (Wildman–Crippen MR) is 77.3 cm³/mol. The van der Waals surface area contributed by atoms with Crippen LogP contribution in [0.5, 0.6) is 0 Å². The zero-order valence-corrected chi connectivity index (χ0v) is 12.0. The van der Waals surface area contributed by atoms with Gasteiger partial charge in [0.2, 0.25) is 5.95 Å². The molecule has 0 bridgehead atoms. The third kappa shape index (κ3) is 2.90. The normalized spacial score (nSPS) is 11.0. The van der Waals surface area contributed by atoms with Crippen molar-refractivity contribution in [2.24, 2.45) is 0 Å². The highest BCUT2D eigenvalue weighted by molar-refractivity contribution is 7.99. The van der Waals surface area contributed by atoms with E-state index < -0.39 is 0 Å². The first-order chi connectivity index (χ1) is 8.24. The maximum absolute atomic E-state index is 4.59. The summed E-state index contributed by atoms with van der Waals surface area (Å²) in [5.74, 6) is 1.85. The summed E-state index contributed by atoms with van der Waals surface area (Å²) >= 11 is 3.55. The van der Waals surface area contributed by atoms with Crippen LogP contribution in [-0.2, 0) is 0 Å². The van der Waals surface area contributed by atoms with Crippen LogP contribution >= 0.6 is 23.1 Å². The lowest BCUT2D eigenvalue weighted by Crippen LogP contribution is -2.02. The highest BCUT2D eigenvalue weighted by Gasteiger charge is 2.10. The molecule has 0 amide bonds. The molecule has 2 heterocycles. The molecule has 17 heavy (non-hydrogen) atoms. The van der Waals surface area contributed by atoms with Gasteiger partial charge in [0, 0.05) is 16.8 Å². The number of hydrogen-bond acceptors (Lipinski definition) is 5. The van der Waals surface area contributed by atoms with E-state index in [0.717, 1.165) is 34.5 Å². The Kier molecular flexibility index (Phi) is 4.23. The molecule has 0 atom stereocenters. The summed E-state index contributed by atoms with van der Waals surface area (Å²) in [7, 11) is 0. The lowest BCUT2D eigenvalue weighted by Gasteiger charge is -2.05. The van der Waals surface area contributed by atoms with Gasteiger partial charge >= 0.3 is 0 Å². The summed E-state index contributed by atoms with van der Waals surface area (Å²) in [5.41, 5.74) is 0. The van der Waals surface area contributed by atoms with Crippen molar-refractivity contribution in [1.82, 2.24) is 9.97 Å². The molecule has 0 fully saturated rings. The number of hydrogen-bond donors (Lipinski definition) is 1. The second-order valence-electron chi connectivity index (χ2n) is 3.81. The van der Waals surface area contributed by atoms with Crippen molar-refractivity contribution in [3.05, 3.63) is 10.9 Å². The number of anilines is 1. The van der Waals surface area contributed by atoms with Crippen molar-refractivity contribution < 1.29 is 0 Å². The zero-order valence-electron chi connectivity index (χ0n) is 10.4. The summed E-state index contributed by atoms with van der Waals surface area (Å²) in [6.07, 6.45) is 1.16. The van der Waals surface area contributed by atoms with Crippen molar-refractivity contribution in [2.45, 2.75) is 32.2 Å². The molecule has 2 aromatic rings. The van der Waals surface area contributed by atoms with Gasteiger partial charge in [-0.1, -0.05) is 6.92 Å². The second kappa shape index (κ2) is 5.69. The van der Waals surface area contributed by atoms with Crippen LogP contribution in [0.15, 0.2) is 11.1 Å². The average molecular weight is 267 g/mol. The van der Waals surface area contributed by atoms with Crippen molar-refractivity contribution in [2.75, 3.05) is 17.6 Å². The number of aromatic nitrogens is 2. The van der Waals surface area contributed by atoms with Crippen molar-refractivity contribution in [1.29, 1.82) is 0 Å². The van der Waals surface area contributed by atoms with Crippen LogP contribution < -0.4 is 5.32 Å². The Hall–Kier alpha value is -0.810. The lowest BCUT2D eigenvalue weighted by atomic mass is 10.4. The molecule has 0 saturated heterocycles. The topological polar surface area (TPSA) is 37.8 Å². The Morgan fingerprint density at radius 3 is 2.88 bits per heavy atom. The van der Waals surface area contributed by atoms with Crippen LogP contribution in [-0.4, -0.2) is 22.3 Å². The van der Waals surface area contributed by atoms with E-state index in [1.807, 2.05) is 11.8 Å². The number of fused-ring (bicyclic) bond motifs is 1. The van der Waals surface area contributed by atoms with Gasteiger partial charge in [0.1, 0.15) is 9.86 Å². The Morgan fingerprint density at radius 1 is 1.35 bits per heavy atom. The summed E-state index contributed by atoms with van der Waals surface area (Å²) in [5, 5.41) is 5.51. The maximum Gasteiger partial charge on any atom is 0.225 e. The van der Waals surface area contributed by atoms with Gasteiger partial charge in [-0.2, -0.15) is 0 Å². The van der Waals surface area contributed by atoms with Gasteiger partial charge in [-0.05, 0) is 32.1 Å². The number of nitrogens with one attached hydrogen (secondary N) is 1. The van der Waals surface area contributed by atoms with E-state index in [4.69, 9.17) is 0 Å². The Morgan fingerprint density at radius 2 is 2.18 bits per heavy atom. The molecule has 1 N–H and O–H groups in total. The minimum atomic E-state index is 0.750. The molecule has 2 rings (SSSR count). The molecule has 0 aliphatic rings. The zero-order chi connectivity index (χ0) is 12.3. The fourth-order valence-electron chi connectivity index (χ4n) is 1.56. The molecule has 0 aliphatic carbocycles. The number of thiophene rings is 1. The van der Waals surface area contributed by atoms with Gasteiger partial charge in [-0.15, -0.1) is 23.1 Å². The van der Waals surface area contributed by atoms with Gasteiger partial charge in [0.05, 0.1) is 0 Å². The number of thioether (sulfide) groups is 1. The van der Waals surface area contributed by atoms with Crippen molar-refractivity contribution >= 4 is 39.3 Å². The van der Waals surface area contributed by atoms with Crippen LogP contribution in [0.2, 0.25) is 0 Å². The largest absolute Gasteiger partial charge is 0.354 e. The van der Waals surface area contributed by atoms with E-state index in [0.29, 0.717) is 0 Å². The highest BCUT2D eigenvalue weighted by Crippen LogP contribution is 2.32. The third-order valence-electron chi connectivity index (χ3n) is 2.26. The molecule has 0 unspecified atom stereocenters. The van der Waals surface area contributed by atoms with Gasteiger partial charge < -0.3 is 5.32 Å². The van der Waals surface area contributed by atoms with Crippen molar-refractivity contribution in [3.8, 4) is 0 Å². The fraction of sp³-hybridized carbons (Fsp3) is 0.500. The quantitative estimate of drug-likeness (QED) is 0.658. The average Bonchev–Trinajstić information content (AvgIpc) is 2.67. The highest BCUT2D eigenvalue weighted by atomic mass is 32.2. The van der Waals surface area contributed by atoms with Crippen molar-refractivity contribution in [3.63, 3.8) is 0 Å². The minimum Gasteiger partial charge on any atom is -0.354 e. The molecule has 0 spiro atoms. The van der Waals surface area contributed by atoms with E-state index in [9.17, 15) is 0 Å². The molecule has 0 radical (unpaired) electrons. The van der Waals surface area contributed by atoms with Crippen LogP contribution in [0, 0.1) is 6.92 Å². The first kappa shape index (κ1) is 12.6. The molecule has 5 heteroatoms. The van der Waals surface area contributed by atoms with E-state index >= 15 is 0 Å².